The molecular weight excluding hydrogens is 481 g/mol. The van der Waals surface area contributed by atoms with Gasteiger partial charge in [0.2, 0.25) is 0 Å². The Morgan fingerprint density at radius 1 is 1.00 bits per heavy atom. The number of aryl methyl sites for hydroxylation is 1. The molecule has 0 amide bonds. The van der Waals surface area contributed by atoms with Crippen molar-refractivity contribution >= 4 is 17.4 Å². The molecule has 194 valence electrons. The number of methoxy groups -OCH3 is 2. The smallest absolute Gasteiger partial charge is 0.431 e. The Bertz CT molecular complexity index is 1300. The molecule has 3 aromatic carbocycles. The molecule has 8 heteroatoms. The van der Waals surface area contributed by atoms with E-state index >= 15 is 0 Å². The van der Waals surface area contributed by atoms with E-state index in [9.17, 15) is 18.0 Å². The van der Waals surface area contributed by atoms with Gasteiger partial charge in [0.25, 0.3) is 0 Å². The molecule has 0 saturated heterocycles. The zero-order valence-corrected chi connectivity index (χ0v) is 21.2. The van der Waals surface area contributed by atoms with Crippen LogP contribution in [0.5, 0.6) is 5.75 Å². The van der Waals surface area contributed by atoms with Crippen LogP contribution in [0.2, 0.25) is 0 Å². The van der Waals surface area contributed by atoms with E-state index in [0.29, 0.717) is 12.1 Å². The molecule has 0 saturated carbocycles. The Labute approximate surface area is 214 Å². The van der Waals surface area contributed by atoms with Crippen LogP contribution in [0.1, 0.15) is 30.0 Å². The number of carbonyl (C=O) groups is 1. The Morgan fingerprint density at radius 3 is 2.32 bits per heavy atom. The predicted molar refractivity (Wildman–Crippen MR) is 138 cm³/mol. The summed E-state index contributed by atoms with van der Waals surface area (Å²) < 4.78 is 50.6. The maximum Gasteiger partial charge on any atom is 0.431 e. The van der Waals surface area contributed by atoms with E-state index in [1.165, 1.54) is 19.0 Å². The van der Waals surface area contributed by atoms with Crippen LogP contribution in [-0.2, 0) is 16.0 Å². The summed E-state index contributed by atoms with van der Waals surface area (Å²) in [5.41, 5.74) is 5.06. The highest BCUT2D eigenvalue weighted by atomic mass is 19.4. The van der Waals surface area contributed by atoms with Crippen molar-refractivity contribution in [2.75, 3.05) is 19.2 Å². The van der Waals surface area contributed by atoms with Crippen molar-refractivity contribution in [2.24, 2.45) is 11.0 Å². The maximum atomic E-state index is 13.5. The summed E-state index contributed by atoms with van der Waals surface area (Å²) in [4.78, 5) is 11.9. The summed E-state index contributed by atoms with van der Waals surface area (Å²) >= 11 is 0. The number of halogens is 3. The molecule has 0 bridgehead atoms. The number of alkyl halides is 3. The van der Waals surface area contributed by atoms with Crippen molar-refractivity contribution in [3.05, 3.63) is 83.4 Å². The first-order valence-electron chi connectivity index (χ1n) is 12.0. The minimum atomic E-state index is -4.57. The predicted octanol–water partition coefficient (Wildman–Crippen LogP) is 6.57. The topological polar surface area (TPSA) is 51.1 Å². The van der Waals surface area contributed by atoms with Crippen molar-refractivity contribution in [3.8, 4) is 16.9 Å². The largest absolute Gasteiger partial charge is 0.497 e. The number of ether oxygens (including phenoxy) is 2. The van der Waals surface area contributed by atoms with Gasteiger partial charge in [0.1, 0.15) is 11.5 Å². The van der Waals surface area contributed by atoms with Crippen molar-refractivity contribution < 1.29 is 27.4 Å². The first-order valence-corrected chi connectivity index (χ1v) is 12.0. The van der Waals surface area contributed by atoms with Crippen molar-refractivity contribution in [3.63, 3.8) is 0 Å². The van der Waals surface area contributed by atoms with Crippen molar-refractivity contribution in [1.29, 1.82) is 0 Å². The monoisotopic (exact) mass is 510 g/mol. The molecule has 37 heavy (non-hydrogen) atoms. The minimum absolute atomic E-state index is 0.193. The molecule has 0 aliphatic carbocycles. The normalized spacial score (nSPS) is 17.5. The molecule has 0 unspecified atom stereocenters. The third-order valence-corrected chi connectivity index (χ3v) is 6.77. The fourth-order valence-electron chi connectivity index (χ4n) is 4.62. The third-order valence-electron chi connectivity index (χ3n) is 6.77. The lowest BCUT2D eigenvalue weighted by Crippen LogP contribution is -2.37. The number of hydrogen-bond acceptors (Lipinski definition) is 5. The summed E-state index contributed by atoms with van der Waals surface area (Å²) in [5.74, 6) is -0.748. The average molecular weight is 511 g/mol. The van der Waals surface area contributed by atoms with Crippen LogP contribution in [0, 0.1) is 12.8 Å². The minimum Gasteiger partial charge on any atom is -0.497 e. The molecule has 3 aromatic rings. The quantitative estimate of drug-likeness (QED) is 0.338. The second kappa shape index (κ2) is 10.7. The van der Waals surface area contributed by atoms with Gasteiger partial charge in [-0.25, -0.2) is 0 Å². The van der Waals surface area contributed by atoms with Gasteiger partial charge < -0.3 is 9.47 Å². The lowest BCUT2D eigenvalue weighted by atomic mass is 9.94. The third kappa shape index (κ3) is 5.79. The molecule has 1 heterocycles. The Kier molecular flexibility index (Phi) is 7.57. The van der Waals surface area contributed by atoms with Gasteiger partial charge in [0.05, 0.1) is 32.4 Å². The number of rotatable bonds is 7. The molecule has 5 nitrogen and oxygen atoms in total. The zero-order valence-electron chi connectivity index (χ0n) is 21.2. The number of carbonyl (C=O) groups excluding carboxylic acids is 1. The van der Waals surface area contributed by atoms with Gasteiger partial charge in [0.15, 0.2) is 0 Å². The van der Waals surface area contributed by atoms with Gasteiger partial charge in [-0.15, -0.1) is 0 Å². The second-order valence-electron chi connectivity index (χ2n) is 9.18. The van der Waals surface area contributed by atoms with Crippen molar-refractivity contribution in [1.82, 2.24) is 0 Å². The number of anilines is 1. The van der Waals surface area contributed by atoms with E-state index in [4.69, 9.17) is 9.47 Å². The molecule has 2 atom stereocenters. The van der Waals surface area contributed by atoms with Gasteiger partial charge in [0, 0.05) is 5.92 Å². The highest BCUT2D eigenvalue weighted by Gasteiger charge is 2.48. The summed E-state index contributed by atoms with van der Waals surface area (Å²) in [5, 5.41) is 5.16. The van der Waals surface area contributed by atoms with Gasteiger partial charge in [-0.2, -0.15) is 18.3 Å². The van der Waals surface area contributed by atoms with Gasteiger partial charge in [-0.3, -0.25) is 9.80 Å². The molecular formula is C29H29F3N2O3. The van der Waals surface area contributed by atoms with E-state index in [0.717, 1.165) is 33.6 Å². The van der Waals surface area contributed by atoms with E-state index in [2.05, 4.69) is 30.2 Å². The standard InChI is InChI=1S/C29H29F3N2O3/c1-18-14-23(22-6-5-7-25(16-22)36-3)11-10-21(18)15-20-8-12-24(13-9-20)34-26(17-27(35)37-4)19(2)28(33-34)29(30,31)32/h5-14,16,19,26H,15,17H2,1-4H3/t19-,26-/m0/s1. The fraction of sp³-hybridized carbons (Fsp3) is 0.310. The molecule has 0 N–H and O–H groups in total. The summed E-state index contributed by atoms with van der Waals surface area (Å²) in [7, 11) is 2.86. The first-order chi connectivity index (χ1) is 17.6. The molecule has 0 fully saturated rings. The highest BCUT2D eigenvalue weighted by Crippen LogP contribution is 2.36. The SMILES string of the molecule is COC(=O)C[C@H]1[C@H](C)C(C(F)(F)F)=NN1c1ccc(Cc2ccc(-c3cccc(OC)c3)cc2C)cc1. The lowest BCUT2D eigenvalue weighted by molar-refractivity contribution is -0.141. The van der Waals surface area contributed by atoms with Crippen LogP contribution < -0.4 is 9.75 Å². The highest BCUT2D eigenvalue weighted by molar-refractivity contribution is 5.96. The van der Waals surface area contributed by atoms with E-state index in [1.54, 1.807) is 19.2 Å². The van der Waals surface area contributed by atoms with E-state index in [1.807, 2.05) is 36.4 Å². The number of hydrogen-bond donors (Lipinski definition) is 0. The van der Waals surface area contributed by atoms with Crippen LogP contribution in [0.3, 0.4) is 0 Å². The fourth-order valence-corrected chi connectivity index (χ4v) is 4.62. The van der Waals surface area contributed by atoms with Gasteiger partial charge in [-0.05, 0) is 65.4 Å². The molecule has 0 radical (unpaired) electrons. The molecule has 1 aliphatic rings. The van der Waals surface area contributed by atoms with Crippen LogP contribution in [0.15, 0.2) is 71.8 Å². The second-order valence-corrected chi connectivity index (χ2v) is 9.18. The van der Waals surface area contributed by atoms with E-state index in [-0.39, 0.29) is 6.42 Å². The Balaban J connectivity index is 1.54. The van der Waals surface area contributed by atoms with Crippen LogP contribution >= 0.6 is 0 Å². The maximum absolute atomic E-state index is 13.5. The van der Waals surface area contributed by atoms with E-state index < -0.39 is 29.8 Å². The zero-order chi connectivity index (χ0) is 26.7. The first kappa shape index (κ1) is 26.3. The van der Waals surface area contributed by atoms with Gasteiger partial charge in [-0.1, -0.05) is 49.4 Å². The summed E-state index contributed by atoms with van der Waals surface area (Å²) in [6.45, 7) is 3.50. The Morgan fingerprint density at radius 2 is 1.70 bits per heavy atom. The summed E-state index contributed by atoms with van der Waals surface area (Å²) in [6.07, 6.45) is -4.10. The average Bonchev–Trinajstić information content (AvgIpc) is 3.21. The number of benzene rings is 3. The Hall–Kier alpha value is -3.81. The molecule has 0 aromatic heterocycles. The van der Waals surface area contributed by atoms with Crippen LogP contribution in [0.25, 0.3) is 11.1 Å². The van der Waals surface area contributed by atoms with Crippen LogP contribution in [-0.4, -0.2) is 38.1 Å². The molecule has 1 aliphatic heterocycles. The number of nitrogens with zero attached hydrogens (tertiary/aromatic N) is 2. The number of esters is 1. The number of hydrazone groups is 1. The lowest BCUT2D eigenvalue weighted by Gasteiger charge is -2.25. The van der Waals surface area contributed by atoms with Crippen molar-refractivity contribution in [2.45, 2.75) is 38.9 Å². The molecule has 4 rings (SSSR count). The molecule has 0 spiro atoms. The van der Waals surface area contributed by atoms with Crippen LogP contribution in [0.4, 0.5) is 18.9 Å². The summed E-state index contributed by atoms with van der Waals surface area (Å²) in [6, 6.07) is 20.7. The van der Waals surface area contributed by atoms with Gasteiger partial charge >= 0.3 is 12.1 Å².